The molecule has 0 bridgehead atoms. The summed E-state index contributed by atoms with van der Waals surface area (Å²) in [6, 6.07) is 36.5. The maximum absolute atomic E-state index is 8.53. The van der Waals surface area contributed by atoms with Gasteiger partial charge in [0.25, 0.3) is 0 Å². The molecule has 1 nitrogen and oxygen atoms in total. The fraction of sp³-hybridized carbons (Fsp3) is 0. The summed E-state index contributed by atoms with van der Waals surface area (Å²) in [6.07, 6.45) is 0. The highest BCUT2D eigenvalue weighted by molar-refractivity contribution is 6.22. The van der Waals surface area contributed by atoms with Crippen LogP contribution in [0, 0.1) is 0 Å². The minimum atomic E-state index is -0.425. The van der Waals surface area contributed by atoms with Crippen molar-refractivity contribution >= 4 is 54.3 Å². The monoisotopic (exact) mass is 632 g/mol. The van der Waals surface area contributed by atoms with Crippen LogP contribution in [0.15, 0.2) is 186 Å². The maximum atomic E-state index is 8.53. The van der Waals surface area contributed by atoms with E-state index in [1.54, 1.807) is 6.07 Å². The normalized spacial score (nSPS) is 14.5. The third-order valence-corrected chi connectivity index (χ3v) is 9.40. The number of fused-ring (bicyclic) bond motifs is 6. The lowest BCUT2D eigenvalue weighted by molar-refractivity contribution is 0.669. The third-order valence-electron chi connectivity index (χ3n) is 9.40. The zero-order valence-electron chi connectivity index (χ0n) is 36.0. The Kier molecular flexibility index (Phi) is 4.39. The third kappa shape index (κ3) is 4.55. The molecule has 0 N–H and O–H groups in total. The number of benzene rings is 9. The molecule has 9 aromatic carbocycles. The standard InChI is InChI=1S/C48H30O/c1-3-11-31(12-4-1)33-19-21-34(22-20-33)47-39-15-7-9-17-41(39)48(42-18-10-8-16-40(42)47)37-25-26-45-43(28-37)44-29-38-27-35(32-13-5-2-6-14-32)23-24-36(38)30-46(44)49-45/h1-30H/i1D,2D,3D,4D,5D,6D,11D,12D,13D,14D. The fourth-order valence-corrected chi connectivity index (χ4v) is 7.17. The van der Waals surface area contributed by atoms with E-state index in [4.69, 9.17) is 18.1 Å². The van der Waals surface area contributed by atoms with E-state index in [-0.39, 0.29) is 59.5 Å². The van der Waals surface area contributed by atoms with Crippen molar-refractivity contribution in [2.24, 2.45) is 0 Å². The Balaban J connectivity index is 1.14. The Bertz CT molecular complexity index is 3330. The van der Waals surface area contributed by atoms with Crippen LogP contribution in [0.4, 0.5) is 0 Å². The van der Waals surface area contributed by atoms with E-state index in [2.05, 4.69) is 36.4 Å². The molecule has 0 saturated carbocycles. The van der Waals surface area contributed by atoms with Crippen molar-refractivity contribution in [2.75, 3.05) is 0 Å². The van der Waals surface area contributed by atoms with Gasteiger partial charge in [0.2, 0.25) is 0 Å². The highest BCUT2D eigenvalue weighted by Crippen LogP contribution is 2.45. The van der Waals surface area contributed by atoms with Gasteiger partial charge in [0.05, 0.1) is 13.7 Å². The summed E-state index contributed by atoms with van der Waals surface area (Å²) in [6.45, 7) is 0. The number of furan rings is 1. The van der Waals surface area contributed by atoms with Crippen molar-refractivity contribution in [3.05, 3.63) is 182 Å². The minimum absolute atomic E-state index is 0.157. The van der Waals surface area contributed by atoms with E-state index in [9.17, 15) is 0 Å². The molecule has 0 atom stereocenters. The van der Waals surface area contributed by atoms with Gasteiger partial charge in [-0.15, -0.1) is 0 Å². The molecule has 0 saturated heterocycles. The van der Waals surface area contributed by atoms with E-state index in [1.165, 1.54) is 0 Å². The van der Waals surface area contributed by atoms with Gasteiger partial charge in [-0.1, -0.05) is 151 Å². The van der Waals surface area contributed by atoms with Gasteiger partial charge in [-0.25, -0.2) is 0 Å². The van der Waals surface area contributed by atoms with E-state index in [0.717, 1.165) is 65.3 Å². The molecule has 1 heteroatoms. The molecule has 228 valence electrons. The second kappa shape index (κ2) is 11.1. The lowest BCUT2D eigenvalue weighted by atomic mass is 9.85. The predicted octanol–water partition coefficient (Wildman–Crippen LogP) is 13.7. The first-order valence-corrected chi connectivity index (χ1v) is 16.0. The summed E-state index contributed by atoms with van der Waals surface area (Å²) >= 11 is 0. The van der Waals surface area contributed by atoms with Crippen molar-refractivity contribution in [2.45, 2.75) is 0 Å². The second-order valence-electron chi connectivity index (χ2n) is 12.1. The van der Waals surface area contributed by atoms with Crippen LogP contribution in [-0.2, 0) is 0 Å². The molecule has 10 rings (SSSR count). The van der Waals surface area contributed by atoms with Gasteiger partial charge >= 0.3 is 0 Å². The van der Waals surface area contributed by atoms with Crippen LogP contribution in [0.5, 0.6) is 0 Å². The van der Waals surface area contributed by atoms with Crippen LogP contribution in [0.25, 0.3) is 98.8 Å². The number of hydrogen-bond donors (Lipinski definition) is 0. The largest absolute Gasteiger partial charge is 0.456 e. The number of hydrogen-bond acceptors (Lipinski definition) is 1. The smallest absolute Gasteiger partial charge is 0.136 e. The summed E-state index contributed by atoms with van der Waals surface area (Å²) in [5.74, 6) is 0. The summed E-state index contributed by atoms with van der Waals surface area (Å²) < 4.78 is 89.2. The molecular formula is C48H30O. The molecule has 0 radical (unpaired) electrons. The van der Waals surface area contributed by atoms with Gasteiger partial charge in [0.1, 0.15) is 11.2 Å². The summed E-state index contributed by atoms with van der Waals surface area (Å²) in [5, 5.41) is 7.66. The predicted molar refractivity (Wildman–Crippen MR) is 208 cm³/mol. The van der Waals surface area contributed by atoms with Crippen molar-refractivity contribution in [1.29, 1.82) is 0 Å². The van der Waals surface area contributed by atoms with Gasteiger partial charge in [-0.2, -0.15) is 0 Å². The lowest BCUT2D eigenvalue weighted by Gasteiger charge is -2.18. The first kappa shape index (κ1) is 19.4. The molecule has 1 aromatic heterocycles. The zero-order valence-corrected chi connectivity index (χ0v) is 26.0. The minimum Gasteiger partial charge on any atom is -0.456 e. The second-order valence-corrected chi connectivity index (χ2v) is 12.1. The van der Waals surface area contributed by atoms with Gasteiger partial charge in [-0.3, -0.25) is 0 Å². The molecule has 0 aliphatic carbocycles. The molecule has 0 amide bonds. The molecule has 1 heterocycles. The molecule has 49 heavy (non-hydrogen) atoms. The highest BCUT2D eigenvalue weighted by atomic mass is 16.3. The van der Waals surface area contributed by atoms with Gasteiger partial charge in [-0.05, 0) is 107 Å². The molecule has 0 fully saturated rings. The van der Waals surface area contributed by atoms with Crippen LogP contribution >= 0.6 is 0 Å². The Morgan fingerprint density at radius 2 is 0.837 bits per heavy atom. The molecular weight excluding hydrogens is 593 g/mol. The summed E-state index contributed by atoms with van der Waals surface area (Å²) in [7, 11) is 0. The van der Waals surface area contributed by atoms with Gasteiger partial charge < -0.3 is 4.42 Å². The SMILES string of the molecule is [2H]c1c([2H])c([2H])c(-c2ccc(-c3c4ccccc4c(-c4ccc5oc6cc7ccc(-c8c([2H])c([2H])c([2H])c([2H])c8[2H])cc7cc6c5c4)c4ccccc34)cc2)c([2H])c1[2H]. The first-order chi connectivity index (χ1) is 28.4. The van der Waals surface area contributed by atoms with Crippen LogP contribution in [0.1, 0.15) is 13.7 Å². The van der Waals surface area contributed by atoms with Crippen molar-refractivity contribution in [1.82, 2.24) is 0 Å². The lowest BCUT2D eigenvalue weighted by Crippen LogP contribution is -1.91. The maximum Gasteiger partial charge on any atom is 0.136 e. The average Bonchev–Trinajstić information content (AvgIpc) is 3.61. The van der Waals surface area contributed by atoms with E-state index in [1.807, 2.05) is 78.9 Å². The summed E-state index contributed by atoms with van der Waals surface area (Å²) in [4.78, 5) is 0. The Hall–Kier alpha value is -6.44. The van der Waals surface area contributed by atoms with Crippen LogP contribution < -0.4 is 0 Å². The van der Waals surface area contributed by atoms with Crippen LogP contribution in [0.2, 0.25) is 0 Å². The Morgan fingerprint density at radius 3 is 1.47 bits per heavy atom. The fourth-order valence-electron chi connectivity index (χ4n) is 7.17. The Morgan fingerprint density at radius 1 is 0.327 bits per heavy atom. The highest BCUT2D eigenvalue weighted by Gasteiger charge is 2.18. The van der Waals surface area contributed by atoms with E-state index < -0.39 is 12.1 Å². The number of rotatable bonds is 4. The van der Waals surface area contributed by atoms with E-state index in [0.29, 0.717) is 22.3 Å². The van der Waals surface area contributed by atoms with Crippen molar-refractivity contribution < 1.29 is 18.1 Å². The first-order valence-electron chi connectivity index (χ1n) is 21.0. The Labute approximate surface area is 298 Å². The molecule has 0 aliphatic rings. The van der Waals surface area contributed by atoms with Gasteiger partial charge in [0, 0.05) is 10.8 Å². The zero-order chi connectivity index (χ0) is 41.0. The topological polar surface area (TPSA) is 13.1 Å². The van der Waals surface area contributed by atoms with Crippen molar-refractivity contribution in [3.8, 4) is 44.5 Å². The molecule has 0 unspecified atom stereocenters. The van der Waals surface area contributed by atoms with Crippen LogP contribution in [0.3, 0.4) is 0 Å². The summed E-state index contributed by atoms with van der Waals surface area (Å²) in [5.41, 5.74) is 6.79. The molecule has 10 aromatic rings. The molecule has 0 spiro atoms. The quantitative estimate of drug-likeness (QED) is 0.176. The average molecular weight is 633 g/mol. The van der Waals surface area contributed by atoms with Crippen LogP contribution in [-0.4, -0.2) is 0 Å². The van der Waals surface area contributed by atoms with Gasteiger partial charge in [0.15, 0.2) is 0 Å². The molecule has 0 aliphatic heterocycles. The van der Waals surface area contributed by atoms with E-state index >= 15 is 0 Å². The van der Waals surface area contributed by atoms with Crippen molar-refractivity contribution in [3.63, 3.8) is 0 Å².